The number of halogens is 5. The Morgan fingerprint density at radius 1 is 1.03 bits per heavy atom. The van der Waals surface area contributed by atoms with Gasteiger partial charge in [-0.1, -0.05) is 0 Å². The predicted molar refractivity (Wildman–Crippen MR) is 101 cm³/mol. The highest BCUT2D eigenvalue weighted by Gasteiger charge is 2.33. The van der Waals surface area contributed by atoms with Gasteiger partial charge in [0, 0.05) is 24.5 Å². The quantitative estimate of drug-likeness (QED) is 0.444. The van der Waals surface area contributed by atoms with E-state index in [2.05, 4.69) is 15.2 Å². The van der Waals surface area contributed by atoms with Gasteiger partial charge >= 0.3 is 6.18 Å². The van der Waals surface area contributed by atoms with Gasteiger partial charge in [-0.25, -0.2) is 23.0 Å². The van der Waals surface area contributed by atoms with Crippen molar-refractivity contribution in [1.29, 1.82) is 0 Å². The molecule has 4 heterocycles. The van der Waals surface area contributed by atoms with E-state index in [1.165, 1.54) is 16.8 Å². The van der Waals surface area contributed by atoms with Crippen molar-refractivity contribution < 1.29 is 22.0 Å². The molecule has 0 amide bonds. The molecule has 11 heteroatoms. The third-order valence-corrected chi connectivity index (χ3v) is 5.36. The summed E-state index contributed by atoms with van der Waals surface area (Å²) in [6.07, 6.45) is 1.45. The van der Waals surface area contributed by atoms with Crippen molar-refractivity contribution in [2.45, 2.75) is 25.1 Å². The number of alkyl halides is 3. The summed E-state index contributed by atoms with van der Waals surface area (Å²) in [7, 11) is 0. The SMILES string of the molecule is Fc1ccc(F)c([C@@H]2CCCN2c2ccn3ncc(-n4cc(C(F)(F)F)cn4)c3n2)c1. The second-order valence-electron chi connectivity index (χ2n) is 7.27. The minimum absolute atomic E-state index is 0.245. The van der Waals surface area contributed by atoms with Crippen LogP contribution in [-0.2, 0) is 6.18 Å². The van der Waals surface area contributed by atoms with Crippen LogP contribution in [0.3, 0.4) is 0 Å². The number of fused-ring (bicyclic) bond motifs is 1. The monoisotopic (exact) mass is 434 g/mol. The highest BCUT2D eigenvalue weighted by Crippen LogP contribution is 2.37. The van der Waals surface area contributed by atoms with Crippen molar-refractivity contribution >= 4 is 11.5 Å². The molecule has 0 bridgehead atoms. The average molecular weight is 434 g/mol. The third-order valence-electron chi connectivity index (χ3n) is 5.36. The van der Waals surface area contributed by atoms with Crippen LogP contribution in [0.5, 0.6) is 0 Å². The van der Waals surface area contributed by atoms with E-state index in [0.29, 0.717) is 24.4 Å². The molecule has 1 fully saturated rings. The van der Waals surface area contributed by atoms with Crippen LogP contribution in [0.15, 0.2) is 49.1 Å². The van der Waals surface area contributed by atoms with Crippen LogP contribution in [-0.4, -0.2) is 30.9 Å². The topological polar surface area (TPSA) is 51.2 Å². The van der Waals surface area contributed by atoms with Crippen LogP contribution in [0.25, 0.3) is 11.3 Å². The van der Waals surface area contributed by atoms with Crippen molar-refractivity contribution in [3.05, 3.63) is 71.8 Å². The zero-order chi connectivity index (χ0) is 21.8. The normalized spacial score (nSPS) is 17.1. The summed E-state index contributed by atoms with van der Waals surface area (Å²) in [5.41, 5.74) is -0.0799. The molecule has 4 aromatic rings. The second kappa shape index (κ2) is 7.03. The Bertz CT molecular complexity index is 1260. The average Bonchev–Trinajstić information content (AvgIpc) is 3.47. The molecule has 0 radical (unpaired) electrons. The molecule has 1 aliphatic heterocycles. The van der Waals surface area contributed by atoms with E-state index in [0.717, 1.165) is 35.6 Å². The van der Waals surface area contributed by atoms with Crippen LogP contribution in [0.4, 0.5) is 27.8 Å². The van der Waals surface area contributed by atoms with Gasteiger partial charge in [0.1, 0.15) is 23.1 Å². The van der Waals surface area contributed by atoms with E-state index in [1.807, 2.05) is 4.90 Å². The van der Waals surface area contributed by atoms with E-state index in [-0.39, 0.29) is 11.3 Å². The molecular formula is C20H15F5N6. The fourth-order valence-corrected chi connectivity index (χ4v) is 3.90. The summed E-state index contributed by atoms with van der Waals surface area (Å²) in [6.45, 7) is 0.577. The standard InChI is InChI=1S/C20H15F5N6/c21-13-3-4-15(22)14(8-13)16-2-1-6-29(16)18-5-7-30-19(28-18)17(10-27-30)31-11-12(9-26-31)20(23,24)25/h3-5,7-11,16H,1-2,6H2/t16-/m0/s1. The van der Waals surface area contributed by atoms with Crippen LogP contribution in [0.1, 0.15) is 30.0 Å². The first-order valence-corrected chi connectivity index (χ1v) is 9.49. The first-order valence-electron chi connectivity index (χ1n) is 9.49. The largest absolute Gasteiger partial charge is 0.419 e. The fraction of sp³-hybridized carbons (Fsp3) is 0.250. The van der Waals surface area contributed by atoms with Crippen molar-refractivity contribution in [1.82, 2.24) is 24.4 Å². The summed E-state index contributed by atoms with van der Waals surface area (Å²) in [6, 6.07) is 4.63. The maximum absolute atomic E-state index is 14.4. The molecule has 31 heavy (non-hydrogen) atoms. The van der Waals surface area contributed by atoms with Crippen molar-refractivity contribution in [2.75, 3.05) is 11.4 Å². The van der Waals surface area contributed by atoms with Gasteiger partial charge in [-0.3, -0.25) is 0 Å². The molecule has 3 aromatic heterocycles. The van der Waals surface area contributed by atoms with Crippen LogP contribution in [0.2, 0.25) is 0 Å². The number of rotatable bonds is 3. The second-order valence-corrected chi connectivity index (χ2v) is 7.27. The van der Waals surface area contributed by atoms with Gasteiger partial charge in [0.2, 0.25) is 0 Å². The van der Waals surface area contributed by atoms with Gasteiger partial charge < -0.3 is 4.90 Å². The van der Waals surface area contributed by atoms with Crippen LogP contribution in [0, 0.1) is 11.6 Å². The Labute approximate surface area is 172 Å². The Balaban J connectivity index is 1.55. The molecule has 1 aromatic carbocycles. The van der Waals surface area contributed by atoms with Gasteiger partial charge in [0.15, 0.2) is 5.65 Å². The molecule has 6 nitrogen and oxygen atoms in total. The smallest absolute Gasteiger partial charge is 0.349 e. The number of hydrogen-bond donors (Lipinski definition) is 0. The Kier molecular flexibility index (Phi) is 4.42. The maximum Gasteiger partial charge on any atom is 0.419 e. The lowest BCUT2D eigenvalue weighted by atomic mass is 10.0. The lowest BCUT2D eigenvalue weighted by molar-refractivity contribution is -0.137. The van der Waals surface area contributed by atoms with E-state index < -0.39 is 29.4 Å². The van der Waals surface area contributed by atoms with Crippen molar-refractivity contribution in [3.63, 3.8) is 0 Å². The Hall–Kier alpha value is -3.50. The minimum Gasteiger partial charge on any atom is -0.349 e. The molecule has 0 aliphatic carbocycles. The molecule has 0 unspecified atom stereocenters. The molecule has 1 saturated heterocycles. The van der Waals surface area contributed by atoms with Crippen LogP contribution < -0.4 is 4.90 Å². The van der Waals surface area contributed by atoms with Gasteiger partial charge in [-0.05, 0) is 37.1 Å². The predicted octanol–water partition coefficient (Wildman–Crippen LogP) is 4.55. The summed E-state index contributed by atoms with van der Waals surface area (Å²) in [4.78, 5) is 6.42. The summed E-state index contributed by atoms with van der Waals surface area (Å²) in [5, 5.41) is 7.91. The molecule has 1 aliphatic rings. The molecule has 0 saturated carbocycles. The maximum atomic E-state index is 14.4. The van der Waals surface area contributed by atoms with Gasteiger partial charge in [-0.15, -0.1) is 0 Å². The number of benzene rings is 1. The van der Waals surface area contributed by atoms with E-state index in [4.69, 9.17) is 0 Å². The molecule has 1 atom stereocenters. The zero-order valence-corrected chi connectivity index (χ0v) is 15.9. The lowest BCUT2D eigenvalue weighted by Gasteiger charge is -2.26. The number of anilines is 1. The van der Waals surface area contributed by atoms with Crippen LogP contribution >= 0.6 is 0 Å². The number of nitrogens with zero attached hydrogens (tertiary/aromatic N) is 6. The molecule has 0 spiro atoms. The molecule has 5 rings (SSSR count). The van der Waals surface area contributed by atoms with E-state index >= 15 is 0 Å². The number of aromatic nitrogens is 5. The zero-order valence-electron chi connectivity index (χ0n) is 15.9. The third kappa shape index (κ3) is 3.39. The first kappa shape index (κ1) is 19.5. The van der Waals surface area contributed by atoms with Crippen molar-refractivity contribution in [2.24, 2.45) is 0 Å². The summed E-state index contributed by atoms with van der Waals surface area (Å²) < 4.78 is 69.4. The molecule has 160 valence electrons. The van der Waals surface area contributed by atoms with E-state index in [1.54, 1.807) is 12.3 Å². The van der Waals surface area contributed by atoms with Gasteiger partial charge in [-0.2, -0.15) is 23.4 Å². The Morgan fingerprint density at radius 2 is 1.87 bits per heavy atom. The fourth-order valence-electron chi connectivity index (χ4n) is 3.90. The van der Waals surface area contributed by atoms with Gasteiger partial charge in [0.25, 0.3) is 0 Å². The summed E-state index contributed by atoms with van der Waals surface area (Å²) >= 11 is 0. The number of hydrogen-bond acceptors (Lipinski definition) is 4. The molecular weight excluding hydrogens is 419 g/mol. The highest BCUT2D eigenvalue weighted by molar-refractivity contribution is 5.61. The lowest BCUT2D eigenvalue weighted by Crippen LogP contribution is -2.24. The Morgan fingerprint density at radius 3 is 2.65 bits per heavy atom. The minimum atomic E-state index is -4.52. The first-order chi connectivity index (χ1) is 14.8. The van der Waals surface area contributed by atoms with E-state index in [9.17, 15) is 22.0 Å². The highest BCUT2D eigenvalue weighted by atomic mass is 19.4. The van der Waals surface area contributed by atoms with Crippen molar-refractivity contribution in [3.8, 4) is 5.69 Å². The van der Waals surface area contributed by atoms with Gasteiger partial charge in [0.05, 0.1) is 24.0 Å². The summed E-state index contributed by atoms with van der Waals surface area (Å²) in [5.74, 6) is -0.534. The molecule has 0 N–H and O–H groups in total.